The van der Waals surface area contributed by atoms with E-state index in [1.54, 1.807) is 30.7 Å². The molecule has 0 aliphatic carbocycles. The lowest BCUT2D eigenvalue weighted by atomic mass is 10.1. The average molecular weight is 483 g/mol. The number of hydrogen-bond acceptors (Lipinski definition) is 6. The third-order valence-electron chi connectivity index (χ3n) is 6.46. The monoisotopic (exact) mass is 482 g/mol. The minimum atomic E-state index is -0.177. The van der Waals surface area contributed by atoms with E-state index < -0.39 is 0 Å². The SMILES string of the molecule is Cc1ccc(-c2ncc[nH]2)cc1NC(=O)c1ccc(OCc2ncccc2N2CCN(C)CC2)cc1. The van der Waals surface area contributed by atoms with Crippen LogP contribution in [0, 0.1) is 6.92 Å². The molecule has 1 aliphatic heterocycles. The number of carbonyl (C=O) groups excluding carboxylic acids is 1. The molecular weight excluding hydrogens is 452 g/mol. The van der Waals surface area contributed by atoms with Crippen molar-refractivity contribution >= 4 is 17.3 Å². The van der Waals surface area contributed by atoms with Crippen molar-refractivity contribution < 1.29 is 9.53 Å². The van der Waals surface area contributed by atoms with E-state index in [0.29, 0.717) is 17.9 Å². The van der Waals surface area contributed by atoms with Crippen molar-refractivity contribution in [1.82, 2.24) is 19.9 Å². The topological polar surface area (TPSA) is 86.4 Å². The van der Waals surface area contributed by atoms with Gasteiger partial charge in [-0.05, 0) is 62.0 Å². The van der Waals surface area contributed by atoms with Crippen molar-refractivity contribution in [1.29, 1.82) is 0 Å². The summed E-state index contributed by atoms with van der Waals surface area (Å²) in [6.45, 7) is 6.35. The Morgan fingerprint density at radius 1 is 1.03 bits per heavy atom. The van der Waals surface area contributed by atoms with Crippen molar-refractivity contribution in [3.05, 3.63) is 90.0 Å². The number of piperazine rings is 1. The van der Waals surface area contributed by atoms with Gasteiger partial charge in [-0.15, -0.1) is 0 Å². The molecule has 1 amide bonds. The van der Waals surface area contributed by atoms with Crippen molar-refractivity contribution in [3.63, 3.8) is 0 Å². The van der Waals surface area contributed by atoms with E-state index in [1.165, 1.54) is 0 Å². The smallest absolute Gasteiger partial charge is 0.255 e. The number of nitrogens with one attached hydrogen (secondary N) is 2. The molecule has 184 valence electrons. The Kier molecular flexibility index (Phi) is 6.95. The van der Waals surface area contributed by atoms with Crippen molar-refractivity contribution in [3.8, 4) is 17.1 Å². The second kappa shape index (κ2) is 10.6. The molecular formula is C28H30N6O2. The fraction of sp³-hybridized carbons (Fsp3) is 0.250. The van der Waals surface area contributed by atoms with Crippen LogP contribution >= 0.6 is 0 Å². The van der Waals surface area contributed by atoms with Crippen molar-refractivity contribution in [2.75, 3.05) is 43.4 Å². The summed E-state index contributed by atoms with van der Waals surface area (Å²) in [5.74, 6) is 1.27. The van der Waals surface area contributed by atoms with Gasteiger partial charge in [0.15, 0.2) is 0 Å². The average Bonchev–Trinajstić information content (AvgIpc) is 3.45. The number of anilines is 2. The molecule has 4 aromatic rings. The van der Waals surface area contributed by atoms with Crippen LogP contribution in [-0.4, -0.2) is 59.0 Å². The van der Waals surface area contributed by atoms with Crippen LogP contribution in [0.1, 0.15) is 21.6 Å². The van der Waals surface area contributed by atoms with Crippen molar-refractivity contribution in [2.45, 2.75) is 13.5 Å². The molecule has 1 aliphatic rings. The van der Waals surface area contributed by atoms with Gasteiger partial charge in [-0.25, -0.2) is 4.98 Å². The molecule has 0 bridgehead atoms. The lowest BCUT2D eigenvalue weighted by molar-refractivity contribution is 0.102. The Morgan fingerprint density at radius 3 is 2.58 bits per heavy atom. The molecule has 3 heterocycles. The Balaban J connectivity index is 1.22. The Hall–Kier alpha value is -4.17. The molecule has 0 atom stereocenters. The van der Waals surface area contributed by atoms with E-state index in [0.717, 1.165) is 60.2 Å². The maximum absolute atomic E-state index is 12.9. The molecule has 5 rings (SSSR count). The molecule has 8 heteroatoms. The third-order valence-corrected chi connectivity index (χ3v) is 6.46. The maximum Gasteiger partial charge on any atom is 0.255 e. The van der Waals surface area contributed by atoms with E-state index in [2.05, 4.69) is 43.2 Å². The van der Waals surface area contributed by atoms with Gasteiger partial charge >= 0.3 is 0 Å². The van der Waals surface area contributed by atoms with Crippen molar-refractivity contribution in [2.24, 2.45) is 0 Å². The highest BCUT2D eigenvalue weighted by atomic mass is 16.5. The highest BCUT2D eigenvalue weighted by Crippen LogP contribution is 2.25. The number of rotatable bonds is 7. The highest BCUT2D eigenvalue weighted by molar-refractivity contribution is 6.05. The van der Waals surface area contributed by atoms with Crippen LogP contribution in [0.25, 0.3) is 11.4 Å². The first kappa shape index (κ1) is 23.6. The molecule has 0 spiro atoms. The van der Waals surface area contributed by atoms with E-state index in [9.17, 15) is 4.79 Å². The molecule has 0 unspecified atom stereocenters. The largest absolute Gasteiger partial charge is 0.487 e. The summed E-state index contributed by atoms with van der Waals surface area (Å²) in [4.78, 5) is 29.5. The summed E-state index contributed by atoms with van der Waals surface area (Å²) in [6, 6.07) is 17.1. The summed E-state index contributed by atoms with van der Waals surface area (Å²) >= 11 is 0. The van der Waals surface area contributed by atoms with Crippen LogP contribution < -0.4 is 15.0 Å². The van der Waals surface area contributed by atoms with Gasteiger partial charge in [0.1, 0.15) is 23.9 Å². The summed E-state index contributed by atoms with van der Waals surface area (Å²) < 4.78 is 6.03. The normalized spacial score (nSPS) is 14.0. The van der Waals surface area contributed by atoms with Gasteiger partial charge in [0.2, 0.25) is 0 Å². The van der Waals surface area contributed by atoms with Gasteiger partial charge in [-0.1, -0.05) is 12.1 Å². The molecule has 2 N–H and O–H groups in total. The number of aromatic amines is 1. The Labute approximate surface area is 211 Å². The summed E-state index contributed by atoms with van der Waals surface area (Å²) in [5, 5.41) is 3.01. The predicted molar refractivity (Wildman–Crippen MR) is 141 cm³/mol. The number of carbonyl (C=O) groups is 1. The number of ether oxygens (including phenoxy) is 1. The number of hydrogen-bond donors (Lipinski definition) is 2. The number of nitrogens with zero attached hydrogens (tertiary/aromatic N) is 4. The van der Waals surface area contributed by atoms with Gasteiger partial charge < -0.3 is 24.8 Å². The molecule has 2 aromatic carbocycles. The minimum absolute atomic E-state index is 0.177. The molecule has 1 fully saturated rings. The second-order valence-electron chi connectivity index (χ2n) is 8.99. The van der Waals surface area contributed by atoms with Crippen LogP contribution in [0.4, 0.5) is 11.4 Å². The molecule has 2 aromatic heterocycles. The third kappa shape index (κ3) is 5.39. The lowest BCUT2D eigenvalue weighted by Crippen LogP contribution is -2.44. The number of H-pyrrole nitrogens is 1. The number of likely N-dealkylation sites (N-methyl/N-ethyl adjacent to an activating group) is 1. The fourth-order valence-electron chi connectivity index (χ4n) is 4.25. The zero-order chi connectivity index (χ0) is 24.9. The van der Waals surface area contributed by atoms with Gasteiger partial charge in [0.25, 0.3) is 5.91 Å². The van der Waals surface area contributed by atoms with Crippen LogP contribution in [0.2, 0.25) is 0 Å². The number of benzene rings is 2. The first-order valence-electron chi connectivity index (χ1n) is 12.1. The highest BCUT2D eigenvalue weighted by Gasteiger charge is 2.18. The number of aromatic nitrogens is 3. The molecule has 1 saturated heterocycles. The van der Waals surface area contributed by atoms with Gasteiger partial charge in [-0.3, -0.25) is 9.78 Å². The van der Waals surface area contributed by atoms with Crippen LogP contribution in [0.5, 0.6) is 5.75 Å². The second-order valence-corrected chi connectivity index (χ2v) is 8.99. The summed E-state index contributed by atoms with van der Waals surface area (Å²) in [7, 11) is 2.15. The maximum atomic E-state index is 12.9. The van der Waals surface area contributed by atoms with E-state index in [-0.39, 0.29) is 5.91 Å². The zero-order valence-corrected chi connectivity index (χ0v) is 20.6. The molecule has 0 radical (unpaired) electrons. The van der Waals surface area contributed by atoms with Gasteiger partial charge in [-0.2, -0.15) is 0 Å². The number of aryl methyl sites for hydroxylation is 1. The predicted octanol–water partition coefficient (Wildman–Crippen LogP) is 4.36. The first-order chi connectivity index (χ1) is 17.6. The number of imidazole rings is 1. The number of pyridine rings is 1. The lowest BCUT2D eigenvalue weighted by Gasteiger charge is -2.34. The Morgan fingerprint density at radius 2 is 1.83 bits per heavy atom. The minimum Gasteiger partial charge on any atom is -0.487 e. The molecule has 0 saturated carbocycles. The summed E-state index contributed by atoms with van der Waals surface area (Å²) in [6.07, 6.45) is 5.28. The van der Waals surface area contributed by atoms with E-state index in [1.807, 2.05) is 43.3 Å². The van der Waals surface area contributed by atoms with Gasteiger partial charge in [0, 0.05) is 61.6 Å². The van der Waals surface area contributed by atoms with Gasteiger partial charge in [0.05, 0.1) is 5.69 Å². The van der Waals surface area contributed by atoms with Crippen LogP contribution in [-0.2, 0) is 6.61 Å². The zero-order valence-electron chi connectivity index (χ0n) is 20.6. The van der Waals surface area contributed by atoms with Crippen LogP contribution in [0.3, 0.4) is 0 Å². The first-order valence-corrected chi connectivity index (χ1v) is 12.1. The fourth-order valence-corrected chi connectivity index (χ4v) is 4.25. The molecule has 8 nitrogen and oxygen atoms in total. The standard InChI is InChI=1S/C28H30N6O2/c1-20-5-6-22(27-30-12-13-31-27)18-24(20)32-28(35)21-7-9-23(10-8-21)36-19-25-26(4-3-11-29-25)34-16-14-33(2)15-17-34/h3-13,18H,14-17,19H2,1-2H3,(H,30,31)(H,32,35). The summed E-state index contributed by atoms with van der Waals surface area (Å²) in [5.41, 5.74) is 5.23. The Bertz CT molecular complexity index is 1310. The molecule has 36 heavy (non-hydrogen) atoms. The van der Waals surface area contributed by atoms with E-state index >= 15 is 0 Å². The number of amides is 1. The van der Waals surface area contributed by atoms with E-state index in [4.69, 9.17) is 4.74 Å². The quantitative estimate of drug-likeness (QED) is 0.407. The van der Waals surface area contributed by atoms with Crippen LogP contribution in [0.15, 0.2) is 73.2 Å².